The van der Waals surface area contributed by atoms with Crippen molar-refractivity contribution < 1.29 is 4.79 Å². The first-order valence-electron chi connectivity index (χ1n) is 10.3. The number of nitrogens with one attached hydrogen (secondary N) is 3. The zero-order chi connectivity index (χ0) is 21.0. The molecular weight excluding hydrogens is 384 g/mol. The minimum atomic E-state index is -0.145. The first-order chi connectivity index (χ1) is 15.3. The van der Waals surface area contributed by atoms with Crippen molar-refractivity contribution in [3.63, 3.8) is 0 Å². The fraction of sp³-hybridized carbons (Fsp3) is 0.0769. The van der Waals surface area contributed by atoms with Crippen LogP contribution in [0.3, 0.4) is 0 Å². The summed E-state index contributed by atoms with van der Waals surface area (Å²) >= 11 is 0. The average molecular weight is 406 g/mol. The van der Waals surface area contributed by atoms with Crippen LogP contribution in [0.5, 0.6) is 0 Å². The van der Waals surface area contributed by atoms with Crippen molar-refractivity contribution in [1.82, 2.24) is 20.5 Å². The number of hydrogen-bond acceptors (Lipinski definition) is 2. The third-order valence-corrected chi connectivity index (χ3v) is 5.61. The van der Waals surface area contributed by atoms with E-state index in [4.69, 9.17) is 0 Å². The Hall–Kier alpha value is -4.12. The molecule has 2 heterocycles. The summed E-state index contributed by atoms with van der Waals surface area (Å²) in [6.07, 6.45) is 3.63. The van der Waals surface area contributed by atoms with Gasteiger partial charge in [0.1, 0.15) is 0 Å². The van der Waals surface area contributed by atoms with E-state index in [1.54, 1.807) is 6.20 Å². The van der Waals surface area contributed by atoms with Crippen LogP contribution >= 0.6 is 0 Å². The fourth-order valence-electron chi connectivity index (χ4n) is 4.05. The molecule has 0 aliphatic carbocycles. The van der Waals surface area contributed by atoms with Crippen molar-refractivity contribution in [3.05, 3.63) is 114 Å². The molecule has 5 nitrogen and oxygen atoms in total. The molecule has 3 N–H and O–H groups in total. The molecule has 0 radical (unpaired) electrons. The predicted octanol–water partition coefficient (Wildman–Crippen LogP) is 5.12. The topological polar surface area (TPSA) is 73.6 Å². The van der Waals surface area contributed by atoms with Crippen LogP contribution in [0.1, 0.15) is 27.4 Å². The van der Waals surface area contributed by atoms with Gasteiger partial charge in [-0.1, -0.05) is 78.9 Å². The summed E-state index contributed by atoms with van der Waals surface area (Å²) in [5, 5.41) is 11.4. The highest BCUT2D eigenvalue weighted by molar-refractivity contribution is 5.99. The first-order valence-corrected chi connectivity index (χ1v) is 10.3. The van der Waals surface area contributed by atoms with Gasteiger partial charge in [0, 0.05) is 35.1 Å². The molecule has 152 valence electrons. The lowest BCUT2D eigenvalue weighted by atomic mass is 9.91. The third-order valence-electron chi connectivity index (χ3n) is 5.61. The first kappa shape index (κ1) is 18.9. The number of H-pyrrole nitrogens is 2. The highest BCUT2D eigenvalue weighted by Crippen LogP contribution is 2.30. The molecule has 0 bridgehead atoms. The summed E-state index contributed by atoms with van der Waals surface area (Å²) in [5.41, 5.74) is 5.60. The van der Waals surface area contributed by atoms with Gasteiger partial charge >= 0.3 is 0 Å². The highest BCUT2D eigenvalue weighted by atomic mass is 16.1. The molecule has 1 unspecified atom stereocenters. The molecule has 1 atom stereocenters. The number of nitrogens with zero attached hydrogens (tertiary/aromatic N) is 1. The molecule has 5 heteroatoms. The van der Waals surface area contributed by atoms with Crippen LogP contribution in [0.2, 0.25) is 0 Å². The van der Waals surface area contributed by atoms with E-state index in [-0.39, 0.29) is 11.8 Å². The monoisotopic (exact) mass is 406 g/mol. The Balaban J connectivity index is 1.44. The van der Waals surface area contributed by atoms with E-state index in [1.165, 1.54) is 5.39 Å². The quantitative estimate of drug-likeness (QED) is 0.366. The lowest BCUT2D eigenvalue weighted by molar-refractivity contribution is 0.0953. The molecule has 0 aliphatic heterocycles. The van der Waals surface area contributed by atoms with Gasteiger partial charge in [0.05, 0.1) is 17.5 Å². The summed E-state index contributed by atoms with van der Waals surface area (Å²) in [4.78, 5) is 16.4. The average Bonchev–Trinajstić information content (AvgIpc) is 3.48. The minimum Gasteiger partial charge on any atom is -0.361 e. The molecule has 0 saturated heterocycles. The van der Waals surface area contributed by atoms with Gasteiger partial charge in [-0.3, -0.25) is 9.89 Å². The summed E-state index contributed by atoms with van der Waals surface area (Å²) in [7, 11) is 0. The van der Waals surface area contributed by atoms with Crippen LogP contribution < -0.4 is 5.32 Å². The van der Waals surface area contributed by atoms with Gasteiger partial charge < -0.3 is 10.3 Å². The molecule has 5 rings (SSSR count). The highest BCUT2D eigenvalue weighted by Gasteiger charge is 2.21. The Kier molecular flexibility index (Phi) is 5.07. The summed E-state index contributed by atoms with van der Waals surface area (Å²) in [6.45, 7) is 0.476. The van der Waals surface area contributed by atoms with Crippen LogP contribution in [-0.2, 0) is 0 Å². The number of amides is 1. The van der Waals surface area contributed by atoms with Gasteiger partial charge in [-0.15, -0.1) is 0 Å². The number of hydrogen-bond donors (Lipinski definition) is 3. The number of carbonyl (C=O) groups is 1. The van der Waals surface area contributed by atoms with Gasteiger partial charge in [0.25, 0.3) is 5.91 Å². The summed E-state index contributed by atoms with van der Waals surface area (Å²) in [5.74, 6) is -0.123. The van der Waals surface area contributed by atoms with Crippen molar-refractivity contribution in [3.8, 4) is 11.3 Å². The van der Waals surface area contributed by atoms with Crippen molar-refractivity contribution in [2.24, 2.45) is 0 Å². The van der Waals surface area contributed by atoms with Gasteiger partial charge in [0.2, 0.25) is 0 Å². The second kappa shape index (κ2) is 8.32. The van der Waals surface area contributed by atoms with E-state index < -0.39 is 0 Å². The Morgan fingerprint density at radius 2 is 1.61 bits per heavy atom. The number of rotatable bonds is 6. The summed E-state index contributed by atoms with van der Waals surface area (Å²) in [6, 6.07) is 28.3. The van der Waals surface area contributed by atoms with E-state index in [1.807, 2.05) is 66.9 Å². The van der Waals surface area contributed by atoms with Crippen LogP contribution in [-0.4, -0.2) is 27.6 Å². The maximum atomic E-state index is 13.1. The van der Waals surface area contributed by atoms with E-state index >= 15 is 0 Å². The van der Waals surface area contributed by atoms with Crippen molar-refractivity contribution in [1.29, 1.82) is 0 Å². The van der Waals surface area contributed by atoms with Crippen LogP contribution in [0.25, 0.3) is 22.2 Å². The largest absolute Gasteiger partial charge is 0.361 e. The Bertz CT molecular complexity index is 1310. The Labute approximate surface area is 180 Å². The van der Waals surface area contributed by atoms with Crippen molar-refractivity contribution in [2.45, 2.75) is 5.92 Å². The van der Waals surface area contributed by atoms with Gasteiger partial charge in [-0.25, -0.2) is 0 Å². The normalized spacial score (nSPS) is 12.0. The van der Waals surface area contributed by atoms with Gasteiger partial charge in [0.15, 0.2) is 0 Å². The maximum absolute atomic E-state index is 13.1. The van der Waals surface area contributed by atoms with Gasteiger partial charge in [-0.05, 0) is 17.2 Å². The molecule has 0 spiro atoms. The molecule has 31 heavy (non-hydrogen) atoms. The maximum Gasteiger partial charge on any atom is 0.255 e. The minimum absolute atomic E-state index is 0.0216. The molecule has 1 amide bonds. The van der Waals surface area contributed by atoms with E-state index in [0.717, 1.165) is 27.9 Å². The predicted molar refractivity (Wildman–Crippen MR) is 123 cm³/mol. The van der Waals surface area contributed by atoms with Crippen LogP contribution in [0, 0.1) is 0 Å². The number of fused-ring (bicyclic) bond motifs is 1. The molecular formula is C26H22N4O. The number of aromatic amines is 2. The number of carbonyl (C=O) groups excluding carboxylic acids is 1. The molecule has 0 fully saturated rings. The van der Waals surface area contributed by atoms with Crippen LogP contribution in [0.4, 0.5) is 0 Å². The third kappa shape index (κ3) is 3.73. The molecule has 3 aromatic carbocycles. The van der Waals surface area contributed by atoms with Crippen molar-refractivity contribution >= 4 is 16.8 Å². The van der Waals surface area contributed by atoms with Crippen molar-refractivity contribution in [2.75, 3.05) is 6.54 Å². The molecule has 2 aromatic heterocycles. The lowest BCUT2D eigenvalue weighted by Gasteiger charge is -2.18. The fourth-order valence-corrected chi connectivity index (χ4v) is 4.05. The molecule has 0 saturated carbocycles. The molecule has 0 aliphatic rings. The van der Waals surface area contributed by atoms with E-state index in [0.29, 0.717) is 12.1 Å². The lowest BCUT2D eigenvalue weighted by Crippen LogP contribution is -2.29. The standard InChI is InChI=1S/C26H22N4O/c31-26(23-17-29-30-25(23)19-11-5-2-6-12-19)28-15-21(18-9-3-1-4-10-18)22-16-27-24-14-8-7-13-20(22)24/h1-14,16-17,21,27H,15H2,(H,28,31)(H,29,30). The second-order valence-electron chi connectivity index (χ2n) is 7.49. The Morgan fingerprint density at radius 1 is 0.903 bits per heavy atom. The number of benzene rings is 3. The van der Waals surface area contributed by atoms with Gasteiger partial charge in [-0.2, -0.15) is 5.10 Å². The Morgan fingerprint density at radius 3 is 2.42 bits per heavy atom. The summed E-state index contributed by atoms with van der Waals surface area (Å²) < 4.78 is 0. The second-order valence-corrected chi connectivity index (χ2v) is 7.49. The number of aromatic nitrogens is 3. The van der Waals surface area contributed by atoms with E-state index in [9.17, 15) is 4.79 Å². The SMILES string of the molecule is O=C(NCC(c1ccccc1)c1c[nH]c2ccccc12)c1cn[nH]c1-c1ccccc1. The molecule has 5 aromatic rings. The zero-order valence-electron chi connectivity index (χ0n) is 16.9. The smallest absolute Gasteiger partial charge is 0.255 e. The number of para-hydroxylation sites is 1. The van der Waals surface area contributed by atoms with E-state index in [2.05, 4.69) is 44.8 Å². The zero-order valence-corrected chi connectivity index (χ0v) is 16.9. The van der Waals surface area contributed by atoms with Crippen LogP contribution in [0.15, 0.2) is 97.3 Å².